The molecule has 2 aromatic heterocycles. The summed E-state index contributed by atoms with van der Waals surface area (Å²) < 4.78 is 6.82. The number of carbonyl (C=O) groups is 1. The molecule has 1 atom stereocenters. The Morgan fingerprint density at radius 3 is 2.55 bits per heavy atom. The van der Waals surface area contributed by atoms with Crippen molar-refractivity contribution < 1.29 is 14.3 Å². The van der Waals surface area contributed by atoms with E-state index in [1.807, 2.05) is 42.5 Å². The highest BCUT2D eigenvalue weighted by atomic mass is 35.5. The number of aliphatic hydroxyl groups excluding tert-OH is 1. The minimum atomic E-state index is -0.933. The van der Waals surface area contributed by atoms with E-state index >= 15 is 0 Å². The van der Waals surface area contributed by atoms with Crippen LogP contribution in [0.3, 0.4) is 0 Å². The predicted octanol–water partition coefficient (Wildman–Crippen LogP) is 4.25. The number of halogens is 1. The Morgan fingerprint density at radius 2 is 1.86 bits per heavy atom. The largest absolute Gasteiger partial charge is 0.467 e. The first-order valence-electron chi connectivity index (χ1n) is 9.02. The lowest BCUT2D eigenvalue weighted by Gasteiger charge is -2.09. The minimum Gasteiger partial charge on any atom is -0.467 e. The van der Waals surface area contributed by atoms with Gasteiger partial charge in [-0.1, -0.05) is 41.9 Å². The van der Waals surface area contributed by atoms with Gasteiger partial charge in [0, 0.05) is 16.8 Å². The molecule has 0 aliphatic heterocycles. The SMILES string of the molecule is O=C(NCC(O)c1ccco1)c1cn(-c2ccccc2)nc1-c1ccc(Cl)cc1. The quantitative estimate of drug-likeness (QED) is 0.500. The molecule has 4 rings (SSSR count). The molecule has 2 heterocycles. The van der Waals surface area contributed by atoms with E-state index in [1.165, 1.54) is 6.26 Å². The van der Waals surface area contributed by atoms with E-state index in [4.69, 9.17) is 16.0 Å². The third kappa shape index (κ3) is 4.23. The number of furan rings is 1. The Hall–Kier alpha value is -3.35. The van der Waals surface area contributed by atoms with Crippen LogP contribution in [-0.2, 0) is 0 Å². The van der Waals surface area contributed by atoms with Gasteiger partial charge in [-0.2, -0.15) is 5.10 Å². The Morgan fingerprint density at radius 1 is 1.10 bits per heavy atom. The second kappa shape index (κ2) is 8.34. The van der Waals surface area contributed by atoms with Crippen molar-refractivity contribution in [2.75, 3.05) is 6.54 Å². The molecule has 6 nitrogen and oxygen atoms in total. The van der Waals surface area contributed by atoms with Crippen molar-refractivity contribution in [2.45, 2.75) is 6.10 Å². The zero-order valence-electron chi connectivity index (χ0n) is 15.3. The maximum absolute atomic E-state index is 12.9. The summed E-state index contributed by atoms with van der Waals surface area (Å²) in [5.74, 6) is 0.0472. The van der Waals surface area contributed by atoms with E-state index in [0.29, 0.717) is 22.0 Å². The van der Waals surface area contributed by atoms with Gasteiger partial charge in [-0.05, 0) is 36.4 Å². The molecule has 0 radical (unpaired) electrons. The average Bonchev–Trinajstić information content (AvgIpc) is 3.43. The van der Waals surface area contributed by atoms with Gasteiger partial charge in [0.25, 0.3) is 5.91 Å². The molecule has 0 aliphatic carbocycles. The second-order valence-electron chi connectivity index (χ2n) is 6.42. The van der Waals surface area contributed by atoms with Crippen LogP contribution in [0.5, 0.6) is 0 Å². The summed E-state index contributed by atoms with van der Waals surface area (Å²) >= 11 is 5.99. The summed E-state index contributed by atoms with van der Waals surface area (Å²) in [6.07, 6.45) is 2.22. The number of hydrogen-bond donors (Lipinski definition) is 2. The number of para-hydroxylation sites is 1. The van der Waals surface area contributed by atoms with Crippen LogP contribution in [0.25, 0.3) is 16.9 Å². The summed E-state index contributed by atoms with van der Waals surface area (Å²) in [5.41, 5.74) is 2.51. The average molecular weight is 408 g/mol. The van der Waals surface area contributed by atoms with Crippen LogP contribution in [0.15, 0.2) is 83.6 Å². The fourth-order valence-electron chi connectivity index (χ4n) is 2.94. The predicted molar refractivity (Wildman–Crippen MR) is 110 cm³/mol. The molecular formula is C22H18ClN3O3. The molecule has 0 fully saturated rings. The van der Waals surface area contributed by atoms with E-state index in [1.54, 1.807) is 35.1 Å². The summed E-state index contributed by atoms with van der Waals surface area (Å²) in [4.78, 5) is 12.9. The number of nitrogens with one attached hydrogen (secondary N) is 1. The standard InChI is InChI=1S/C22H18ClN3O3/c23-16-10-8-15(9-11-16)21-18(14-26(25-21)17-5-2-1-3-6-17)22(28)24-13-19(27)20-7-4-12-29-20/h1-12,14,19,27H,13H2,(H,24,28). The molecule has 0 bridgehead atoms. The molecule has 1 amide bonds. The van der Waals surface area contributed by atoms with Crippen LogP contribution in [0.2, 0.25) is 5.02 Å². The van der Waals surface area contributed by atoms with Crippen LogP contribution in [0, 0.1) is 0 Å². The molecule has 2 aromatic carbocycles. The van der Waals surface area contributed by atoms with Crippen LogP contribution < -0.4 is 5.32 Å². The molecular weight excluding hydrogens is 390 g/mol. The minimum absolute atomic E-state index is 0.0168. The zero-order chi connectivity index (χ0) is 20.2. The van der Waals surface area contributed by atoms with Crippen molar-refractivity contribution in [1.29, 1.82) is 0 Å². The molecule has 0 spiro atoms. The van der Waals surface area contributed by atoms with Gasteiger partial charge >= 0.3 is 0 Å². The Labute approximate surface area is 172 Å². The van der Waals surface area contributed by atoms with Gasteiger partial charge in [0.2, 0.25) is 0 Å². The van der Waals surface area contributed by atoms with E-state index < -0.39 is 6.10 Å². The molecule has 4 aromatic rings. The van der Waals surface area contributed by atoms with Gasteiger partial charge in [0.1, 0.15) is 17.6 Å². The highest BCUT2D eigenvalue weighted by Crippen LogP contribution is 2.25. The maximum Gasteiger partial charge on any atom is 0.255 e. The normalized spacial score (nSPS) is 11.9. The lowest BCUT2D eigenvalue weighted by molar-refractivity contribution is 0.0901. The number of rotatable bonds is 6. The lowest BCUT2D eigenvalue weighted by Crippen LogP contribution is -2.28. The lowest BCUT2D eigenvalue weighted by atomic mass is 10.1. The van der Waals surface area contributed by atoms with Crippen molar-refractivity contribution in [3.8, 4) is 16.9 Å². The molecule has 29 heavy (non-hydrogen) atoms. The number of benzene rings is 2. The van der Waals surface area contributed by atoms with Crippen LogP contribution in [0.1, 0.15) is 22.2 Å². The van der Waals surface area contributed by atoms with Gasteiger partial charge in [0.05, 0.1) is 24.1 Å². The van der Waals surface area contributed by atoms with Crippen LogP contribution in [0.4, 0.5) is 0 Å². The van der Waals surface area contributed by atoms with Crippen molar-refractivity contribution in [3.05, 3.63) is 95.5 Å². The van der Waals surface area contributed by atoms with E-state index in [2.05, 4.69) is 10.4 Å². The zero-order valence-corrected chi connectivity index (χ0v) is 16.1. The Balaban J connectivity index is 1.64. The van der Waals surface area contributed by atoms with E-state index in [9.17, 15) is 9.90 Å². The van der Waals surface area contributed by atoms with Crippen LogP contribution in [-0.4, -0.2) is 27.3 Å². The molecule has 0 saturated carbocycles. The first-order valence-corrected chi connectivity index (χ1v) is 9.40. The number of carbonyl (C=O) groups excluding carboxylic acids is 1. The van der Waals surface area contributed by atoms with Crippen molar-refractivity contribution in [2.24, 2.45) is 0 Å². The number of aromatic nitrogens is 2. The first kappa shape index (κ1) is 19.0. The van der Waals surface area contributed by atoms with Gasteiger partial charge in [-0.3, -0.25) is 4.79 Å². The topological polar surface area (TPSA) is 80.3 Å². The van der Waals surface area contributed by atoms with Gasteiger partial charge in [0.15, 0.2) is 0 Å². The van der Waals surface area contributed by atoms with Gasteiger partial charge < -0.3 is 14.8 Å². The third-order valence-electron chi connectivity index (χ3n) is 4.42. The van der Waals surface area contributed by atoms with Gasteiger partial charge in [-0.25, -0.2) is 4.68 Å². The molecule has 1 unspecified atom stereocenters. The van der Waals surface area contributed by atoms with Crippen molar-refractivity contribution >= 4 is 17.5 Å². The molecule has 2 N–H and O–H groups in total. The molecule has 0 saturated heterocycles. The third-order valence-corrected chi connectivity index (χ3v) is 4.68. The van der Waals surface area contributed by atoms with Crippen LogP contribution >= 0.6 is 11.6 Å². The summed E-state index contributed by atoms with van der Waals surface area (Å²) in [7, 11) is 0. The smallest absolute Gasteiger partial charge is 0.255 e. The Bertz CT molecular complexity index is 1090. The number of hydrogen-bond acceptors (Lipinski definition) is 4. The van der Waals surface area contributed by atoms with E-state index in [-0.39, 0.29) is 12.5 Å². The number of aliphatic hydroxyl groups is 1. The van der Waals surface area contributed by atoms with E-state index in [0.717, 1.165) is 11.3 Å². The van der Waals surface area contributed by atoms with Gasteiger partial charge in [-0.15, -0.1) is 0 Å². The fourth-order valence-corrected chi connectivity index (χ4v) is 3.07. The molecule has 0 aliphatic rings. The molecule has 146 valence electrons. The summed E-state index contributed by atoms with van der Waals surface area (Å²) in [5, 5.41) is 18.1. The second-order valence-corrected chi connectivity index (χ2v) is 6.86. The summed E-state index contributed by atoms with van der Waals surface area (Å²) in [6, 6.07) is 20.0. The maximum atomic E-state index is 12.9. The Kier molecular flexibility index (Phi) is 5.46. The number of nitrogens with zero attached hydrogens (tertiary/aromatic N) is 2. The highest BCUT2D eigenvalue weighted by molar-refractivity contribution is 6.30. The highest BCUT2D eigenvalue weighted by Gasteiger charge is 2.20. The van der Waals surface area contributed by atoms with Crippen molar-refractivity contribution in [3.63, 3.8) is 0 Å². The fraction of sp³-hybridized carbons (Fsp3) is 0.0909. The van der Waals surface area contributed by atoms with Crippen molar-refractivity contribution in [1.82, 2.24) is 15.1 Å². The monoisotopic (exact) mass is 407 g/mol. The number of amides is 1. The summed E-state index contributed by atoms with van der Waals surface area (Å²) in [6.45, 7) is 0.0168. The molecule has 7 heteroatoms. The first-order chi connectivity index (χ1) is 14.1.